The molecule has 0 aliphatic carbocycles. The molecule has 1 aromatic heterocycles. The fourth-order valence-electron chi connectivity index (χ4n) is 3.79. The highest BCUT2D eigenvalue weighted by atomic mass is 16.5. The number of anilines is 1. The van der Waals surface area contributed by atoms with E-state index in [0.29, 0.717) is 26.2 Å². The summed E-state index contributed by atoms with van der Waals surface area (Å²) >= 11 is 0. The first kappa shape index (κ1) is 23.5. The van der Waals surface area contributed by atoms with Crippen LogP contribution in [-0.2, 0) is 25.7 Å². The third kappa shape index (κ3) is 6.16. The molecule has 0 saturated carbocycles. The summed E-state index contributed by atoms with van der Waals surface area (Å²) in [7, 11) is 0. The maximum Gasteiger partial charge on any atom is 0.328 e. The van der Waals surface area contributed by atoms with Gasteiger partial charge in [0.2, 0.25) is 5.91 Å². The van der Waals surface area contributed by atoms with Gasteiger partial charge in [-0.2, -0.15) is 5.10 Å². The number of nitrogens with zero attached hydrogens (tertiary/aromatic N) is 4. The van der Waals surface area contributed by atoms with Gasteiger partial charge in [-0.3, -0.25) is 24.0 Å². The number of benzene rings is 1. The lowest BCUT2D eigenvalue weighted by Crippen LogP contribution is -2.51. The SMILES string of the molecule is Cc1cc(C)n(CC(=O)OCC(=O)N2CCN(CC(=O)Nc3c(C)cccc3C)CC2)n1. The van der Waals surface area contributed by atoms with Crippen LogP contribution in [0.15, 0.2) is 24.3 Å². The third-order valence-electron chi connectivity index (χ3n) is 5.58. The number of aryl methyl sites for hydroxylation is 4. The molecule has 1 saturated heterocycles. The molecule has 1 aliphatic heterocycles. The largest absolute Gasteiger partial charge is 0.454 e. The molecule has 32 heavy (non-hydrogen) atoms. The summed E-state index contributed by atoms with van der Waals surface area (Å²) in [5.41, 5.74) is 4.60. The highest BCUT2D eigenvalue weighted by molar-refractivity contribution is 5.93. The summed E-state index contributed by atoms with van der Waals surface area (Å²) in [5, 5.41) is 7.21. The molecule has 1 aromatic carbocycles. The van der Waals surface area contributed by atoms with Crippen molar-refractivity contribution in [1.82, 2.24) is 19.6 Å². The quantitative estimate of drug-likeness (QED) is 0.653. The van der Waals surface area contributed by atoms with Gasteiger partial charge in [0.25, 0.3) is 5.91 Å². The molecule has 2 heterocycles. The number of aromatic nitrogens is 2. The maximum absolute atomic E-state index is 12.5. The zero-order valence-corrected chi connectivity index (χ0v) is 19.2. The minimum Gasteiger partial charge on any atom is -0.454 e. The number of esters is 1. The van der Waals surface area contributed by atoms with E-state index < -0.39 is 5.97 Å². The number of para-hydroxylation sites is 1. The van der Waals surface area contributed by atoms with Gasteiger partial charge in [0.15, 0.2) is 6.61 Å². The summed E-state index contributed by atoms with van der Waals surface area (Å²) < 4.78 is 6.70. The minimum atomic E-state index is -0.494. The zero-order valence-electron chi connectivity index (χ0n) is 19.2. The predicted octanol–water partition coefficient (Wildman–Crippen LogP) is 1.44. The van der Waals surface area contributed by atoms with E-state index in [0.717, 1.165) is 28.2 Å². The fraction of sp³-hybridized carbons (Fsp3) is 0.478. The van der Waals surface area contributed by atoms with Gasteiger partial charge in [0, 0.05) is 37.6 Å². The topological polar surface area (TPSA) is 96.8 Å². The molecule has 0 bridgehead atoms. The lowest BCUT2D eigenvalue weighted by atomic mass is 10.1. The molecule has 1 fully saturated rings. The molecule has 0 radical (unpaired) electrons. The number of carbonyl (C=O) groups excluding carboxylic acids is 3. The molecule has 1 aliphatic rings. The summed E-state index contributed by atoms with van der Waals surface area (Å²) in [5.74, 6) is -0.794. The molecular weight excluding hydrogens is 410 g/mol. The molecular formula is C23H31N5O4. The normalized spacial score (nSPS) is 14.3. The molecule has 9 heteroatoms. The summed E-state index contributed by atoms with van der Waals surface area (Å²) in [6.45, 7) is 9.78. The highest BCUT2D eigenvalue weighted by Crippen LogP contribution is 2.19. The summed E-state index contributed by atoms with van der Waals surface area (Å²) in [6, 6.07) is 7.78. The van der Waals surface area contributed by atoms with E-state index in [9.17, 15) is 14.4 Å². The Bertz CT molecular complexity index is 972. The molecule has 172 valence electrons. The second-order valence-electron chi connectivity index (χ2n) is 8.22. The van der Waals surface area contributed by atoms with Crippen LogP contribution in [0, 0.1) is 27.7 Å². The van der Waals surface area contributed by atoms with Crippen molar-refractivity contribution >= 4 is 23.5 Å². The number of hydrogen-bond donors (Lipinski definition) is 1. The Kier molecular flexibility index (Phi) is 7.63. The number of amides is 2. The van der Waals surface area contributed by atoms with Gasteiger partial charge in [0.05, 0.1) is 12.2 Å². The van der Waals surface area contributed by atoms with Gasteiger partial charge in [-0.1, -0.05) is 18.2 Å². The molecule has 0 spiro atoms. The van der Waals surface area contributed by atoms with Crippen LogP contribution < -0.4 is 5.32 Å². The van der Waals surface area contributed by atoms with Gasteiger partial charge in [-0.25, -0.2) is 0 Å². The van der Waals surface area contributed by atoms with Crippen LogP contribution in [0.1, 0.15) is 22.5 Å². The van der Waals surface area contributed by atoms with E-state index in [1.807, 2.05) is 56.9 Å². The zero-order chi connectivity index (χ0) is 23.3. The number of ether oxygens (including phenoxy) is 1. The van der Waals surface area contributed by atoms with Gasteiger partial charge < -0.3 is 15.0 Å². The Morgan fingerprint density at radius 3 is 2.25 bits per heavy atom. The van der Waals surface area contributed by atoms with E-state index in [1.165, 1.54) is 0 Å². The van der Waals surface area contributed by atoms with Crippen molar-refractivity contribution in [3.05, 3.63) is 46.8 Å². The molecule has 0 unspecified atom stereocenters. The fourth-order valence-corrected chi connectivity index (χ4v) is 3.79. The van der Waals surface area contributed by atoms with Crippen molar-refractivity contribution in [3.8, 4) is 0 Å². The number of hydrogen-bond acceptors (Lipinski definition) is 6. The lowest BCUT2D eigenvalue weighted by Gasteiger charge is -2.34. The highest BCUT2D eigenvalue weighted by Gasteiger charge is 2.23. The van der Waals surface area contributed by atoms with E-state index >= 15 is 0 Å². The number of rotatable bonds is 7. The minimum absolute atomic E-state index is 0.0177. The number of nitrogens with one attached hydrogen (secondary N) is 1. The van der Waals surface area contributed by atoms with Crippen LogP contribution in [0.4, 0.5) is 5.69 Å². The van der Waals surface area contributed by atoms with E-state index in [1.54, 1.807) is 9.58 Å². The third-order valence-corrected chi connectivity index (χ3v) is 5.58. The number of carbonyl (C=O) groups is 3. The Labute approximate surface area is 188 Å². The first-order valence-corrected chi connectivity index (χ1v) is 10.8. The predicted molar refractivity (Wildman–Crippen MR) is 120 cm³/mol. The second kappa shape index (κ2) is 10.4. The van der Waals surface area contributed by atoms with Gasteiger partial charge in [-0.05, 0) is 44.9 Å². The molecule has 3 rings (SSSR count). The standard InChI is InChI=1S/C23H31N5O4/c1-16-6-5-7-17(2)23(16)24-20(29)13-26-8-10-27(11-9-26)21(30)15-32-22(31)14-28-19(4)12-18(3)25-28/h5-7,12H,8-11,13-15H2,1-4H3,(H,24,29). The van der Waals surface area contributed by atoms with Crippen LogP contribution in [0.2, 0.25) is 0 Å². The Morgan fingerprint density at radius 2 is 1.66 bits per heavy atom. The Morgan fingerprint density at radius 1 is 1.00 bits per heavy atom. The van der Waals surface area contributed by atoms with Crippen LogP contribution in [-0.4, -0.2) is 76.7 Å². The van der Waals surface area contributed by atoms with E-state index in [-0.39, 0.29) is 31.5 Å². The van der Waals surface area contributed by atoms with Crippen molar-refractivity contribution in [3.63, 3.8) is 0 Å². The monoisotopic (exact) mass is 441 g/mol. The summed E-state index contributed by atoms with van der Waals surface area (Å²) in [4.78, 5) is 40.6. The van der Waals surface area contributed by atoms with E-state index in [2.05, 4.69) is 10.4 Å². The molecule has 9 nitrogen and oxygen atoms in total. The maximum atomic E-state index is 12.5. The molecule has 2 aromatic rings. The van der Waals surface area contributed by atoms with Crippen molar-refractivity contribution in [2.24, 2.45) is 0 Å². The molecule has 0 atom stereocenters. The average molecular weight is 442 g/mol. The van der Waals surface area contributed by atoms with Crippen LogP contribution in [0.3, 0.4) is 0 Å². The lowest BCUT2D eigenvalue weighted by molar-refractivity contribution is -0.153. The Balaban J connectivity index is 1.39. The van der Waals surface area contributed by atoms with Crippen LogP contribution in [0.25, 0.3) is 0 Å². The van der Waals surface area contributed by atoms with Crippen molar-refractivity contribution in [2.45, 2.75) is 34.2 Å². The van der Waals surface area contributed by atoms with Crippen molar-refractivity contribution in [2.75, 3.05) is 44.6 Å². The van der Waals surface area contributed by atoms with Gasteiger partial charge in [-0.15, -0.1) is 0 Å². The van der Waals surface area contributed by atoms with Crippen LogP contribution >= 0.6 is 0 Å². The first-order chi connectivity index (χ1) is 15.2. The average Bonchev–Trinajstić information content (AvgIpc) is 3.06. The van der Waals surface area contributed by atoms with Gasteiger partial charge in [0.1, 0.15) is 6.54 Å². The second-order valence-corrected chi connectivity index (χ2v) is 8.22. The van der Waals surface area contributed by atoms with Gasteiger partial charge >= 0.3 is 5.97 Å². The van der Waals surface area contributed by atoms with Crippen LogP contribution in [0.5, 0.6) is 0 Å². The van der Waals surface area contributed by atoms with E-state index in [4.69, 9.17) is 4.74 Å². The van der Waals surface area contributed by atoms with Crippen molar-refractivity contribution < 1.29 is 19.1 Å². The first-order valence-electron chi connectivity index (χ1n) is 10.8. The number of piperazine rings is 1. The molecule has 2 amide bonds. The summed E-state index contributed by atoms with van der Waals surface area (Å²) in [6.07, 6.45) is 0. The Hall–Kier alpha value is -3.20. The van der Waals surface area contributed by atoms with Crippen molar-refractivity contribution in [1.29, 1.82) is 0 Å². The smallest absolute Gasteiger partial charge is 0.328 e. The molecule has 1 N–H and O–H groups in total.